The Kier molecular flexibility index (Phi) is 4.49. The molecule has 0 saturated carbocycles. The molecule has 4 rings (SSSR count). The summed E-state index contributed by atoms with van der Waals surface area (Å²) in [6, 6.07) is 19.2. The molecule has 0 unspecified atom stereocenters. The average Bonchev–Trinajstić information content (AvgIpc) is 2.93. The largest absolute Gasteiger partial charge is 0.493 e. The molecule has 0 fully saturated rings. The minimum Gasteiger partial charge on any atom is -0.493 e. The molecule has 134 valence electrons. The number of aryl methyl sites for hydroxylation is 1. The van der Waals surface area contributed by atoms with Gasteiger partial charge in [0.25, 0.3) is 5.91 Å². The number of para-hydroxylation sites is 1. The maximum absolute atomic E-state index is 12.4. The molecule has 0 aliphatic rings. The lowest BCUT2D eigenvalue weighted by Crippen LogP contribution is -1.99. The number of amides is 1. The van der Waals surface area contributed by atoms with Crippen LogP contribution in [0.15, 0.2) is 75.4 Å². The number of carbonyl (C=O) groups is 1. The summed E-state index contributed by atoms with van der Waals surface area (Å²) in [6.07, 6.45) is 0.142. The van der Waals surface area contributed by atoms with Crippen LogP contribution in [0.1, 0.15) is 5.56 Å². The van der Waals surface area contributed by atoms with Gasteiger partial charge in [0.2, 0.25) is 5.88 Å². The van der Waals surface area contributed by atoms with E-state index in [0.717, 1.165) is 31.7 Å². The summed E-state index contributed by atoms with van der Waals surface area (Å²) >= 11 is 3.53. The van der Waals surface area contributed by atoms with Gasteiger partial charge in [-0.25, -0.2) is 0 Å². The van der Waals surface area contributed by atoms with Crippen molar-refractivity contribution in [2.45, 2.75) is 6.42 Å². The predicted molar refractivity (Wildman–Crippen MR) is 109 cm³/mol. The van der Waals surface area contributed by atoms with E-state index >= 15 is 0 Å². The topological polar surface area (TPSA) is 66.9 Å². The zero-order valence-corrected chi connectivity index (χ0v) is 16.1. The number of nitrogens with zero attached hydrogens (tertiary/aromatic N) is 3. The molecule has 1 N–H and O–H groups in total. The summed E-state index contributed by atoms with van der Waals surface area (Å²) in [5.74, 6) is -0.378. The van der Waals surface area contributed by atoms with Crippen molar-refractivity contribution in [3.05, 3.63) is 70.7 Å². The smallest absolute Gasteiger partial charge is 0.269 e. The lowest BCUT2D eigenvalue weighted by Gasteiger charge is -2.06. The molecule has 27 heavy (non-hydrogen) atoms. The van der Waals surface area contributed by atoms with Crippen molar-refractivity contribution in [2.24, 2.45) is 17.3 Å². The Balaban J connectivity index is 1.65. The Labute approximate surface area is 164 Å². The first-order valence-corrected chi connectivity index (χ1v) is 9.22. The van der Waals surface area contributed by atoms with Crippen molar-refractivity contribution in [3.63, 3.8) is 0 Å². The quantitative estimate of drug-likeness (QED) is 0.434. The summed E-state index contributed by atoms with van der Waals surface area (Å²) in [4.78, 5) is 12.4. The van der Waals surface area contributed by atoms with E-state index in [4.69, 9.17) is 0 Å². The number of carbonyl (C=O) groups excluding carboxylic acids is 1. The van der Waals surface area contributed by atoms with Crippen LogP contribution in [0.2, 0.25) is 0 Å². The Hall–Kier alpha value is -2.99. The van der Waals surface area contributed by atoms with Crippen molar-refractivity contribution in [1.82, 2.24) is 4.57 Å². The van der Waals surface area contributed by atoms with Crippen molar-refractivity contribution >= 4 is 49.2 Å². The third kappa shape index (κ3) is 3.13. The van der Waals surface area contributed by atoms with Gasteiger partial charge >= 0.3 is 0 Å². The molecule has 1 aromatic heterocycles. The molecule has 0 aliphatic carbocycles. The maximum Gasteiger partial charge on any atom is 0.269 e. The van der Waals surface area contributed by atoms with Gasteiger partial charge in [0.15, 0.2) is 5.69 Å². The summed E-state index contributed by atoms with van der Waals surface area (Å²) in [5, 5.41) is 21.0. The van der Waals surface area contributed by atoms with Crippen LogP contribution in [0.4, 0.5) is 5.69 Å². The highest BCUT2D eigenvalue weighted by molar-refractivity contribution is 9.10. The standard InChI is InChI=1S/C21H16BrN3O2/c1-25-18-9-5-4-8-16(18)20(21(25)27)24-23-19(26)12-13-10-11-17(22)15-7-3-2-6-14(13)15/h2-11,27H,12H2,1H3. The molecular weight excluding hydrogens is 406 g/mol. The molecule has 1 amide bonds. The molecule has 5 nitrogen and oxygen atoms in total. The normalized spacial score (nSPS) is 11.6. The first-order valence-electron chi connectivity index (χ1n) is 8.43. The summed E-state index contributed by atoms with van der Waals surface area (Å²) in [5.41, 5.74) is 2.03. The van der Waals surface area contributed by atoms with E-state index in [0.29, 0.717) is 5.69 Å². The molecule has 0 saturated heterocycles. The number of fused-ring (bicyclic) bond motifs is 2. The summed E-state index contributed by atoms with van der Waals surface area (Å²) in [7, 11) is 1.74. The molecule has 3 aromatic carbocycles. The SMILES string of the molecule is Cn1c(O)c(N=NC(=O)Cc2ccc(Br)c3ccccc23)c2ccccc21. The van der Waals surface area contributed by atoms with Crippen LogP contribution in [-0.2, 0) is 18.3 Å². The number of rotatable bonds is 3. The number of benzene rings is 3. The molecule has 4 aromatic rings. The maximum atomic E-state index is 12.4. The predicted octanol–water partition coefficient (Wildman–Crippen LogP) is 5.65. The summed E-state index contributed by atoms with van der Waals surface area (Å²) in [6.45, 7) is 0. The fourth-order valence-corrected chi connectivity index (χ4v) is 3.72. The van der Waals surface area contributed by atoms with Gasteiger partial charge in [-0.1, -0.05) is 64.5 Å². The van der Waals surface area contributed by atoms with Crippen LogP contribution in [-0.4, -0.2) is 15.6 Å². The molecule has 6 heteroatoms. The zero-order valence-electron chi connectivity index (χ0n) is 14.6. The Morgan fingerprint density at radius 1 is 1.00 bits per heavy atom. The van der Waals surface area contributed by atoms with Gasteiger partial charge < -0.3 is 9.67 Å². The lowest BCUT2D eigenvalue weighted by molar-refractivity contribution is -0.117. The van der Waals surface area contributed by atoms with Gasteiger partial charge in [-0.05, 0) is 28.5 Å². The van der Waals surface area contributed by atoms with E-state index in [1.54, 1.807) is 11.6 Å². The van der Waals surface area contributed by atoms with E-state index < -0.39 is 0 Å². The Morgan fingerprint density at radius 2 is 1.67 bits per heavy atom. The first-order chi connectivity index (χ1) is 13.1. The molecule has 0 radical (unpaired) electrons. The van der Waals surface area contributed by atoms with Crippen LogP contribution in [0.3, 0.4) is 0 Å². The molecule has 0 spiro atoms. The van der Waals surface area contributed by atoms with E-state index in [9.17, 15) is 9.90 Å². The Bertz CT molecular complexity index is 1210. The molecule has 0 bridgehead atoms. The van der Waals surface area contributed by atoms with Gasteiger partial charge in [0.1, 0.15) is 0 Å². The van der Waals surface area contributed by atoms with E-state index in [-0.39, 0.29) is 18.2 Å². The highest BCUT2D eigenvalue weighted by Gasteiger charge is 2.14. The Morgan fingerprint density at radius 3 is 2.44 bits per heavy atom. The monoisotopic (exact) mass is 421 g/mol. The molecule has 0 atom stereocenters. The minimum atomic E-state index is -0.366. The average molecular weight is 422 g/mol. The van der Waals surface area contributed by atoms with E-state index in [2.05, 4.69) is 26.2 Å². The van der Waals surface area contributed by atoms with Crippen LogP contribution < -0.4 is 0 Å². The molecule has 1 heterocycles. The van der Waals surface area contributed by atoms with Crippen LogP contribution in [0, 0.1) is 0 Å². The number of aromatic hydroxyl groups is 1. The first kappa shape index (κ1) is 17.4. The number of hydrogen-bond donors (Lipinski definition) is 1. The highest BCUT2D eigenvalue weighted by Crippen LogP contribution is 2.37. The van der Waals surface area contributed by atoms with Gasteiger partial charge in [-0.3, -0.25) is 4.79 Å². The second-order valence-corrected chi connectivity index (χ2v) is 7.13. The van der Waals surface area contributed by atoms with Crippen molar-refractivity contribution in [3.8, 4) is 5.88 Å². The van der Waals surface area contributed by atoms with Crippen LogP contribution in [0.25, 0.3) is 21.7 Å². The minimum absolute atomic E-state index is 0.0122. The van der Waals surface area contributed by atoms with Crippen molar-refractivity contribution in [2.75, 3.05) is 0 Å². The number of azo groups is 1. The number of aromatic nitrogens is 1. The molecular formula is C21H16BrN3O2. The van der Waals surface area contributed by atoms with Gasteiger partial charge in [0, 0.05) is 16.9 Å². The second kappa shape index (κ2) is 6.96. The second-order valence-electron chi connectivity index (χ2n) is 6.27. The fourth-order valence-electron chi connectivity index (χ4n) is 3.24. The van der Waals surface area contributed by atoms with Crippen LogP contribution in [0.5, 0.6) is 5.88 Å². The van der Waals surface area contributed by atoms with E-state index in [1.165, 1.54) is 0 Å². The molecule has 0 aliphatic heterocycles. The highest BCUT2D eigenvalue weighted by atomic mass is 79.9. The van der Waals surface area contributed by atoms with Gasteiger partial charge in [-0.2, -0.15) is 0 Å². The number of hydrogen-bond acceptors (Lipinski definition) is 3. The summed E-state index contributed by atoms with van der Waals surface area (Å²) < 4.78 is 2.60. The third-order valence-corrected chi connectivity index (χ3v) is 5.31. The third-order valence-electron chi connectivity index (χ3n) is 4.61. The fraction of sp³-hybridized carbons (Fsp3) is 0.0952. The number of halogens is 1. The zero-order chi connectivity index (χ0) is 19.0. The van der Waals surface area contributed by atoms with Gasteiger partial charge in [0.05, 0.1) is 11.9 Å². The van der Waals surface area contributed by atoms with Gasteiger partial charge in [-0.15, -0.1) is 10.2 Å². The van der Waals surface area contributed by atoms with E-state index in [1.807, 2.05) is 60.7 Å². The van der Waals surface area contributed by atoms with Crippen molar-refractivity contribution in [1.29, 1.82) is 0 Å². The lowest BCUT2D eigenvalue weighted by atomic mass is 10.0. The van der Waals surface area contributed by atoms with Crippen LogP contribution >= 0.6 is 15.9 Å². The van der Waals surface area contributed by atoms with Crippen molar-refractivity contribution < 1.29 is 9.90 Å².